The minimum atomic E-state index is -0.637. The fourth-order valence-corrected chi connectivity index (χ4v) is 2.16. The number of rotatable bonds is 2. The highest BCUT2D eigenvalue weighted by Gasteiger charge is 2.23. The van der Waals surface area contributed by atoms with Crippen molar-refractivity contribution in [2.24, 2.45) is 5.73 Å². The molecule has 1 aromatic carbocycles. The highest BCUT2D eigenvalue weighted by atomic mass is 16.3. The zero-order valence-electron chi connectivity index (χ0n) is 9.39. The summed E-state index contributed by atoms with van der Waals surface area (Å²) in [5.41, 5.74) is 10.0. The van der Waals surface area contributed by atoms with E-state index in [1.54, 1.807) is 0 Å². The third-order valence-electron chi connectivity index (χ3n) is 2.58. The Balaban J connectivity index is 3.35. The van der Waals surface area contributed by atoms with Crippen LogP contribution in [0, 0.1) is 20.8 Å². The van der Waals surface area contributed by atoms with Gasteiger partial charge in [-0.3, -0.25) is 0 Å². The number of aryl methyl sites for hydroxylation is 3. The van der Waals surface area contributed by atoms with Gasteiger partial charge >= 0.3 is 0 Å². The smallest absolute Gasteiger partial charge is 0.0650 e. The lowest BCUT2D eigenvalue weighted by molar-refractivity contribution is 0.209. The largest absolute Gasteiger partial charge is 0.394 e. The molecule has 1 rings (SSSR count). The molecular formula is C12H19NO. The lowest BCUT2D eigenvalue weighted by atomic mass is 9.86. The van der Waals surface area contributed by atoms with Gasteiger partial charge in [0.1, 0.15) is 0 Å². The molecule has 2 nitrogen and oxygen atoms in total. The highest BCUT2D eigenvalue weighted by molar-refractivity contribution is 5.41. The summed E-state index contributed by atoms with van der Waals surface area (Å²) < 4.78 is 0. The molecule has 1 aromatic rings. The van der Waals surface area contributed by atoms with Crippen LogP contribution in [0.15, 0.2) is 12.1 Å². The third-order valence-corrected chi connectivity index (χ3v) is 2.58. The van der Waals surface area contributed by atoms with E-state index in [1.165, 1.54) is 5.56 Å². The van der Waals surface area contributed by atoms with Gasteiger partial charge in [-0.2, -0.15) is 0 Å². The van der Waals surface area contributed by atoms with E-state index in [4.69, 9.17) is 5.73 Å². The Kier molecular flexibility index (Phi) is 2.98. The van der Waals surface area contributed by atoms with Crippen molar-refractivity contribution in [2.45, 2.75) is 33.2 Å². The zero-order chi connectivity index (χ0) is 10.9. The fraction of sp³-hybridized carbons (Fsp3) is 0.500. The summed E-state index contributed by atoms with van der Waals surface area (Å²) in [5, 5.41) is 9.24. The quantitative estimate of drug-likeness (QED) is 0.752. The lowest BCUT2D eigenvalue weighted by Gasteiger charge is -2.27. The van der Waals surface area contributed by atoms with Crippen molar-refractivity contribution >= 4 is 0 Å². The maximum absolute atomic E-state index is 9.24. The molecule has 0 fully saturated rings. The first-order valence-electron chi connectivity index (χ1n) is 4.86. The van der Waals surface area contributed by atoms with Crippen LogP contribution in [-0.4, -0.2) is 11.7 Å². The van der Waals surface area contributed by atoms with Gasteiger partial charge in [0.05, 0.1) is 12.1 Å². The van der Waals surface area contributed by atoms with Crippen LogP contribution in [0.3, 0.4) is 0 Å². The number of hydrogen-bond donors (Lipinski definition) is 2. The first-order chi connectivity index (χ1) is 6.38. The molecule has 0 heterocycles. The van der Waals surface area contributed by atoms with Gasteiger partial charge < -0.3 is 10.8 Å². The van der Waals surface area contributed by atoms with E-state index < -0.39 is 5.54 Å². The van der Waals surface area contributed by atoms with Crippen LogP contribution >= 0.6 is 0 Å². The van der Waals surface area contributed by atoms with E-state index in [-0.39, 0.29) is 6.61 Å². The van der Waals surface area contributed by atoms with Crippen LogP contribution in [0.1, 0.15) is 29.2 Å². The van der Waals surface area contributed by atoms with Gasteiger partial charge in [0.2, 0.25) is 0 Å². The third kappa shape index (κ3) is 1.97. The Labute approximate surface area is 85.8 Å². The van der Waals surface area contributed by atoms with Gasteiger partial charge in [0.15, 0.2) is 0 Å². The molecule has 0 saturated carbocycles. The molecule has 0 amide bonds. The van der Waals surface area contributed by atoms with E-state index in [0.717, 1.165) is 16.7 Å². The molecule has 1 atom stereocenters. The molecular weight excluding hydrogens is 174 g/mol. The average molecular weight is 193 g/mol. The first-order valence-corrected chi connectivity index (χ1v) is 4.86. The summed E-state index contributed by atoms with van der Waals surface area (Å²) >= 11 is 0. The topological polar surface area (TPSA) is 46.2 Å². The van der Waals surface area contributed by atoms with Gasteiger partial charge in [-0.05, 0) is 44.4 Å². The van der Waals surface area contributed by atoms with E-state index in [1.807, 2.05) is 20.8 Å². The Morgan fingerprint density at radius 3 is 2.00 bits per heavy atom. The number of hydrogen-bond acceptors (Lipinski definition) is 2. The molecule has 0 bridgehead atoms. The lowest BCUT2D eigenvalue weighted by Crippen LogP contribution is -2.38. The SMILES string of the molecule is Cc1cc(C)c([C@@](C)(N)CO)c(C)c1. The van der Waals surface area contributed by atoms with Crippen molar-refractivity contribution in [1.82, 2.24) is 0 Å². The van der Waals surface area contributed by atoms with Crippen LogP contribution in [0.2, 0.25) is 0 Å². The summed E-state index contributed by atoms with van der Waals surface area (Å²) in [4.78, 5) is 0. The molecule has 0 radical (unpaired) electrons. The predicted octanol–water partition coefficient (Wildman–Crippen LogP) is 1.78. The predicted molar refractivity (Wildman–Crippen MR) is 59.3 cm³/mol. The van der Waals surface area contributed by atoms with Gasteiger partial charge in [-0.25, -0.2) is 0 Å². The van der Waals surface area contributed by atoms with Crippen molar-refractivity contribution < 1.29 is 5.11 Å². The van der Waals surface area contributed by atoms with E-state index in [2.05, 4.69) is 19.1 Å². The van der Waals surface area contributed by atoms with Crippen LogP contribution in [0.5, 0.6) is 0 Å². The molecule has 3 N–H and O–H groups in total. The van der Waals surface area contributed by atoms with Crippen molar-refractivity contribution in [2.75, 3.05) is 6.61 Å². The fourth-order valence-electron chi connectivity index (χ4n) is 2.16. The van der Waals surface area contributed by atoms with Crippen LogP contribution in [-0.2, 0) is 5.54 Å². The minimum Gasteiger partial charge on any atom is -0.394 e. The number of benzene rings is 1. The van der Waals surface area contributed by atoms with Gasteiger partial charge in [0.25, 0.3) is 0 Å². The second kappa shape index (κ2) is 3.71. The van der Waals surface area contributed by atoms with Crippen molar-refractivity contribution in [3.05, 3.63) is 34.4 Å². The Morgan fingerprint density at radius 2 is 1.64 bits per heavy atom. The van der Waals surface area contributed by atoms with Crippen molar-refractivity contribution in [3.8, 4) is 0 Å². The summed E-state index contributed by atoms with van der Waals surface area (Å²) in [5.74, 6) is 0. The average Bonchev–Trinajstić information content (AvgIpc) is 2.01. The van der Waals surface area contributed by atoms with Gasteiger partial charge in [-0.1, -0.05) is 17.7 Å². The van der Waals surface area contributed by atoms with Crippen molar-refractivity contribution in [1.29, 1.82) is 0 Å². The summed E-state index contributed by atoms with van der Waals surface area (Å²) in [6.45, 7) is 7.97. The maximum Gasteiger partial charge on any atom is 0.0650 e. The molecule has 2 heteroatoms. The van der Waals surface area contributed by atoms with Crippen LogP contribution in [0.25, 0.3) is 0 Å². The number of aliphatic hydroxyl groups is 1. The first kappa shape index (κ1) is 11.2. The maximum atomic E-state index is 9.24. The molecule has 0 aliphatic rings. The monoisotopic (exact) mass is 193 g/mol. The Bertz CT molecular complexity index is 319. The molecule has 0 spiro atoms. The molecule has 0 saturated heterocycles. The summed E-state index contributed by atoms with van der Waals surface area (Å²) in [7, 11) is 0. The summed E-state index contributed by atoms with van der Waals surface area (Å²) in [6, 6.07) is 4.20. The van der Waals surface area contributed by atoms with E-state index in [9.17, 15) is 5.11 Å². The molecule has 0 unspecified atom stereocenters. The van der Waals surface area contributed by atoms with Gasteiger partial charge in [-0.15, -0.1) is 0 Å². The standard InChI is InChI=1S/C12H19NO/c1-8-5-9(2)11(10(3)6-8)12(4,13)7-14/h5-6,14H,7,13H2,1-4H3/t12-/m0/s1. The zero-order valence-corrected chi connectivity index (χ0v) is 9.39. The minimum absolute atomic E-state index is 0.0300. The van der Waals surface area contributed by atoms with Crippen molar-refractivity contribution in [3.63, 3.8) is 0 Å². The number of nitrogens with two attached hydrogens (primary N) is 1. The molecule has 14 heavy (non-hydrogen) atoms. The van der Waals surface area contributed by atoms with Gasteiger partial charge in [0, 0.05) is 0 Å². The Morgan fingerprint density at radius 1 is 1.21 bits per heavy atom. The number of aliphatic hydroxyl groups excluding tert-OH is 1. The second-order valence-corrected chi connectivity index (χ2v) is 4.35. The van der Waals surface area contributed by atoms with Crippen LogP contribution < -0.4 is 5.73 Å². The molecule has 0 aromatic heterocycles. The molecule has 78 valence electrons. The molecule has 0 aliphatic carbocycles. The van der Waals surface area contributed by atoms with E-state index >= 15 is 0 Å². The highest BCUT2D eigenvalue weighted by Crippen LogP contribution is 2.26. The summed E-state index contributed by atoms with van der Waals surface area (Å²) in [6.07, 6.45) is 0. The Hall–Kier alpha value is -0.860. The second-order valence-electron chi connectivity index (χ2n) is 4.35. The molecule has 0 aliphatic heterocycles. The normalized spacial score (nSPS) is 15.3. The van der Waals surface area contributed by atoms with E-state index in [0.29, 0.717) is 0 Å². The van der Waals surface area contributed by atoms with Crippen LogP contribution in [0.4, 0.5) is 0 Å².